The van der Waals surface area contributed by atoms with E-state index in [4.69, 9.17) is 28.4 Å². The van der Waals surface area contributed by atoms with Crippen LogP contribution in [-0.4, -0.2) is 120 Å². The molecule has 0 saturated heterocycles. The summed E-state index contributed by atoms with van der Waals surface area (Å²) in [4.78, 5) is 22.8. The number of ether oxygens (including phenoxy) is 6. The van der Waals surface area contributed by atoms with Gasteiger partial charge in [-0.05, 0) is 70.8 Å². The highest BCUT2D eigenvalue weighted by atomic mass is 16.6. The smallest absolute Gasteiger partial charge is 0.330 e. The van der Waals surface area contributed by atoms with E-state index in [1.165, 1.54) is 0 Å². The first-order valence-corrected chi connectivity index (χ1v) is 18.5. The molecule has 4 rings (SSSR count). The molecule has 14 nitrogen and oxygen atoms in total. The maximum atomic E-state index is 11.4. The summed E-state index contributed by atoms with van der Waals surface area (Å²) < 4.78 is 32.7. The molecule has 58 heavy (non-hydrogen) atoms. The van der Waals surface area contributed by atoms with Gasteiger partial charge in [-0.3, -0.25) is 0 Å². The highest BCUT2D eigenvalue weighted by molar-refractivity contribution is 5.81. The van der Waals surface area contributed by atoms with E-state index in [0.717, 1.165) is 34.4 Å². The van der Waals surface area contributed by atoms with Gasteiger partial charge in [0.15, 0.2) is 0 Å². The first-order chi connectivity index (χ1) is 28.0. The van der Waals surface area contributed by atoms with Gasteiger partial charge < -0.3 is 59.1 Å². The van der Waals surface area contributed by atoms with Crippen molar-refractivity contribution in [1.82, 2.24) is 0 Å². The Hall–Kier alpha value is -5.74. The second-order valence-electron chi connectivity index (χ2n) is 13.1. The van der Waals surface area contributed by atoms with E-state index in [9.17, 15) is 40.2 Å². The second-order valence-corrected chi connectivity index (χ2v) is 13.1. The van der Waals surface area contributed by atoms with Crippen molar-refractivity contribution in [3.05, 3.63) is 145 Å². The van der Waals surface area contributed by atoms with Crippen LogP contribution in [0.1, 0.15) is 34.1 Å². The lowest BCUT2D eigenvalue weighted by Crippen LogP contribution is -2.24. The maximum Gasteiger partial charge on any atom is 0.330 e. The first-order valence-electron chi connectivity index (χ1n) is 18.5. The van der Waals surface area contributed by atoms with Crippen molar-refractivity contribution in [3.8, 4) is 23.0 Å². The minimum Gasteiger partial charge on any atom is -0.491 e. The minimum absolute atomic E-state index is 0.0933. The van der Waals surface area contributed by atoms with Crippen LogP contribution in [0.5, 0.6) is 23.0 Å². The molecule has 0 spiro atoms. The third kappa shape index (κ3) is 14.3. The summed E-state index contributed by atoms with van der Waals surface area (Å²) in [5.41, 5.74) is 3.53. The van der Waals surface area contributed by atoms with E-state index >= 15 is 0 Å². The van der Waals surface area contributed by atoms with Gasteiger partial charge in [0.05, 0.1) is 13.2 Å². The Morgan fingerprint density at radius 2 is 0.672 bits per heavy atom. The molecule has 0 aliphatic rings. The Bertz CT molecular complexity index is 1710. The minimum atomic E-state index is -1.07. The van der Waals surface area contributed by atoms with Gasteiger partial charge in [0.25, 0.3) is 0 Å². The molecule has 0 aromatic heterocycles. The summed E-state index contributed by atoms with van der Waals surface area (Å²) in [6.07, 6.45) is -2.19. The van der Waals surface area contributed by atoms with Crippen LogP contribution in [0, 0.1) is 0 Å². The SMILES string of the molecule is C=CC(=O)OCC(O)COc1ccc(C(c2ccc(OCC(O)CO)cc2)C(c2ccc(OCC(O)CO)cc2)c2ccc(OCC(O)COC(=O)C=C)cc2)cc1. The lowest BCUT2D eigenvalue weighted by Gasteiger charge is -2.30. The number of esters is 2. The Morgan fingerprint density at radius 1 is 0.431 bits per heavy atom. The molecule has 6 N–H and O–H groups in total. The van der Waals surface area contributed by atoms with Gasteiger partial charge in [-0.25, -0.2) is 9.59 Å². The van der Waals surface area contributed by atoms with E-state index < -0.39 is 49.6 Å². The molecule has 0 aliphatic heterocycles. The van der Waals surface area contributed by atoms with Gasteiger partial charge in [-0.2, -0.15) is 0 Å². The number of carbonyl (C=O) groups is 2. The average molecular weight is 803 g/mol. The molecule has 4 aromatic carbocycles. The third-order valence-corrected chi connectivity index (χ3v) is 8.65. The van der Waals surface area contributed by atoms with Crippen LogP contribution in [0.2, 0.25) is 0 Å². The van der Waals surface area contributed by atoms with E-state index in [0.29, 0.717) is 23.0 Å². The largest absolute Gasteiger partial charge is 0.491 e. The number of rotatable bonds is 25. The van der Waals surface area contributed by atoms with Gasteiger partial charge in [0, 0.05) is 24.0 Å². The normalized spacial score (nSPS) is 14.1. The van der Waals surface area contributed by atoms with Crippen molar-refractivity contribution in [2.75, 3.05) is 52.9 Å². The monoisotopic (exact) mass is 802 g/mol. The molecule has 0 bridgehead atoms. The van der Waals surface area contributed by atoms with Crippen molar-refractivity contribution in [3.63, 3.8) is 0 Å². The summed E-state index contributed by atoms with van der Waals surface area (Å²) in [7, 11) is 0. The molecule has 6 unspecified atom stereocenters. The number of aliphatic hydroxyl groups is 6. The van der Waals surface area contributed by atoms with Crippen molar-refractivity contribution >= 4 is 11.9 Å². The molecule has 310 valence electrons. The first kappa shape index (κ1) is 45.0. The lowest BCUT2D eigenvalue weighted by molar-refractivity contribution is -0.142. The summed E-state index contributed by atoms with van der Waals surface area (Å²) in [6.45, 7) is 4.84. The lowest BCUT2D eigenvalue weighted by atomic mass is 9.73. The Balaban J connectivity index is 1.70. The highest BCUT2D eigenvalue weighted by Gasteiger charge is 2.29. The maximum absolute atomic E-state index is 11.4. The molecule has 6 atom stereocenters. The predicted octanol–water partition coefficient (Wildman–Crippen LogP) is 3.05. The Labute approximate surface area is 336 Å². The van der Waals surface area contributed by atoms with Gasteiger partial charge >= 0.3 is 11.9 Å². The van der Waals surface area contributed by atoms with E-state index in [1.807, 2.05) is 48.5 Å². The summed E-state index contributed by atoms with van der Waals surface area (Å²) >= 11 is 0. The Kier molecular flexibility index (Phi) is 18.2. The van der Waals surface area contributed by atoms with Crippen LogP contribution in [0.25, 0.3) is 0 Å². The topological polar surface area (TPSA) is 211 Å². The fraction of sp³-hybridized carbons (Fsp3) is 0.318. The third-order valence-electron chi connectivity index (χ3n) is 8.65. The molecule has 14 heteroatoms. The van der Waals surface area contributed by atoms with Crippen LogP contribution in [0.4, 0.5) is 0 Å². The molecule has 0 radical (unpaired) electrons. The Morgan fingerprint density at radius 3 is 0.897 bits per heavy atom. The average Bonchev–Trinajstić information content (AvgIpc) is 3.26. The molecular formula is C44H50O14. The van der Waals surface area contributed by atoms with Crippen molar-refractivity contribution in [1.29, 1.82) is 0 Å². The zero-order valence-corrected chi connectivity index (χ0v) is 31.9. The number of hydrogen-bond donors (Lipinski definition) is 6. The van der Waals surface area contributed by atoms with Crippen molar-refractivity contribution in [2.45, 2.75) is 36.3 Å². The zero-order valence-electron chi connectivity index (χ0n) is 31.9. The van der Waals surface area contributed by atoms with Crippen LogP contribution in [0.15, 0.2) is 122 Å². The van der Waals surface area contributed by atoms with Crippen LogP contribution in [-0.2, 0) is 19.1 Å². The zero-order chi connectivity index (χ0) is 41.9. The van der Waals surface area contributed by atoms with Gasteiger partial charge in [-0.15, -0.1) is 0 Å². The van der Waals surface area contributed by atoms with E-state index in [2.05, 4.69) is 13.2 Å². The molecule has 0 heterocycles. The molecule has 0 aliphatic carbocycles. The number of benzene rings is 4. The van der Waals surface area contributed by atoms with Gasteiger partial charge in [0.1, 0.15) is 87.1 Å². The summed E-state index contributed by atoms with van der Waals surface area (Å²) in [5, 5.41) is 58.6. The molecule has 0 fully saturated rings. The highest BCUT2D eigenvalue weighted by Crippen LogP contribution is 2.44. The fourth-order valence-corrected chi connectivity index (χ4v) is 5.69. The standard InChI is InChI=1S/C44H50O14/c1-3-41(51)57-27-35(49)25-55-39-17-9-31(10-18-39)43(29-5-13-37(14-6-29)53-23-33(47)21-45)44(30-7-15-38(16-8-30)54-24-34(48)22-46)32-11-19-40(20-12-32)56-26-36(50)28-58-42(52)4-2/h3-20,33-36,43-50H,1-2,21-28H2. The second kappa shape index (κ2) is 23.5. The number of carbonyl (C=O) groups excluding carboxylic acids is 2. The number of aliphatic hydroxyl groups excluding tert-OH is 6. The predicted molar refractivity (Wildman–Crippen MR) is 212 cm³/mol. The summed E-state index contributed by atoms with van der Waals surface area (Å²) in [6, 6.07) is 29.5. The summed E-state index contributed by atoms with van der Waals surface area (Å²) in [5.74, 6) is -0.110. The molecule has 4 aromatic rings. The molecular weight excluding hydrogens is 752 g/mol. The van der Waals surface area contributed by atoms with E-state index in [1.54, 1.807) is 48.5 Å². The van der Waals surface area contributed by atoms with Gasteiger partial charge in [-0.1, -0.05) is 61.7 Å². The quantitative estimate of drug-likeness (QED) is 0.0421. The van der Waals surface area contributed by atoms with Gasteiger partial charge in [0.2, 0.25) is 0 Å². The molecule has 0 saturated carbocycles. The molecule has 0 amide bonds. The van der Waals surface area contributed by atoms with Crippen LogP contribution < -0.4 is 18.9 Å². The van der Waals surface area contributed by atoms with E-state index in [-0.39, 0.29) is 51.5 Å². The van der Waals surface area contributed by atoms with Crippen LogP contribution in [0.3, 0.4) is 0 Å². The van der Waals surface area contributed by atoms with Crippen molar-refractivity contribution < 1.29 is 68.6 Å². The number of hydrogen-bond acceptors (Lipinski definition) is 14. The van der Waals surface area contributed by atoms with Crippen molar-refractivity contribution in [2.24, 2.45) is 0 Å². The van der Waals surface area contributed by atoms with Crippen LogP contribution >= 0.6 is 0 Å². The fourth-order valence-electron chi connectivity index (χ4n) is 5.69.